The minimum atomic E-state index is 0.209. The van der Waals surface area contributed by atoms with Gasteiger partial charge in [-0.2, -0.15) is 0 Å². The van der Waals surface area contributed by atoms with Crippen LogP contribution < -0.4 is 4.74 Å². The van der Waals surface area contributed by atoms with Gasteiger partial charge in [-0.3, -0.25) is 4.79 Å². The number of carbonyl (C=O) groups excluding carboxylic acids is 1. The Bertz CT molecular complexity index is 532. The van der Waals surface area contributed by atoms with Crippen LogP contribution in [-0.4, -0.2) is 68.8 Å². The molecule has 1 aromatic carbocycles. The minimum absolute atomic E-state index is 0.209. The van der Waals surface area contributed by atoms with Gasteiger partial charge in [0.15, 0.2) is 0 Å². The van der Waals surface area contributed by atoms with E-state index in [2.05, 4.69) is 16.8 Å². The van der Waals surface area contributed by atoms with Crippen LogP contribution >= 0.6 is 0 Å². The maximum atomic E-state index is 12.8. The summed E-state index contributed by atoms with van der Waals surface area (Å²) in [5.74, 6) is 1.45. The Morgan fingerprint density at radius 3 is 2.83 bits per heavy atom. The summed E-state index contributed by atoms with van der Waals surface area (Å²) in [5.41, 5.74) is 1.03. The van der Waals surface area contributed by atoms with E-state index in [9.17, 15) is 4.79 Å². The summed E-state index contributed by atoms with van der Waals surface area (Å²) in [5, 5.41) is 0. The van der Waals surface area contributed by atoms with E-state index in [1.807, 2.05) is 24.3 Å². The summed E-state index contributed by atoms with van der Waals surface area (Å²) < 4.78 is 10.9. The Labute approximate surface area is 138 Å². The Hall–Kier alpha value is -1.59. The first-order chi connectivity index (χ1) is 11.2. The van der Waals surface area contributed by atoms with Crippen LogP contribution in [0, 0.1) is 5.92 Å². The number of rotatable bonds is 3. The molecule has 0 radical (unpaired) electrons. The first-order valence-electron chi connectivity index (χ1n) is 8.36. The highest BCUT2D eigenvalue weighted by atomic mass is 16.5. The van der Waals surface area contributed by atoms with Crippen LogP contribution in [0.2, 0.25) is 0 Å². The van der Waals surface area contributed by atoms with E-state index in [1.165, 1.54) is 0 Å². The van der Waals surface area contributed by atoms with Crippen molar-refractivity contribution in [3.63, 3.8) is 0 Å². The van der Waals surface area contributed by atoms with Gasteiger partial charge < -0.3 is 19.3 Å². The third-order valence-corrected chi connectivity index (χ3v) is 4.94. The molecule has 2 saturated heterocycles. The number of fused-ring (bicyclic) bond motifs is 1. The topological polar surface area (TPSA) is 42.0 Å². The number of methoxy groups -OCH3 is 1. The lowest BCUT2D eigenvalue weighted by Gasteiger charge is -2.41. The molecule has 2 fully saturated rings. The van der Waals surface area contributed by atoms with Gasteiger partial charge in [0.05, 0.1) is 26.7 Å². The number of amides is 1. The summed E-state index contributed by atoms with van der Waals surface area (Å²) in [7, 11) is 3.79. The van der Waals surface area contributed by atoms with Gasteiger partial charge in [-0.25, -0.2) is 0 Å². The zero-order valence-corrected chi connectivity index (χ0v) is 14.0. The van der Waals surface area contributed by atoms with Gasteiger partial charge >= 0.3 is 0 Å². The third kappa shape index (κ3) is 3.85. The molecule has 2 heterocycles. The number of nitrogens with zero attached hydrogens (tertiary/aromatic N) is 2. The number of hydrogen-bond donors (Lipinski definition) is 0. The lowest BCUT2D eigenvalue weighted by atomic mass is 9.91. The summed E-state index contributed by atoms with van der Waals surface area (Å²) >= 11 is 0. The number of likely N-dealkylation sites (tertiary alicyclic amines) is 1. The van der Waals surface area contributed by atoms with E-state index in [0.717, 1.165) is 37.4 Å². The number of hydrogen-bond acceptors (Lipinski definition) is 4. The Kier molecular flexibility index (Phi) is 5.18. The van der Waals surface area contributed by atoms with Gasteiger partial charge in [0.2, 0.25) is 5.91 Å². The molecule has 0 aromatic heterocycles. The van der Waals surface area contributed by atoms with E-state index in [-0.39, 0.29) is 5.91 Å². The fraction of sp³-hybridized carbons (Fsp3) is 0.611. The van der Waals surface area contributed by atoms with Gasteiger partial charge in [-0.05, 0) is 37.7 Å². The molecule has 3 rings (SSSR count). The summed E-state index contributed by atoms with van der Waals surface area (Å²) in [4.78, 5) is 17.2. The van der Waals surface area contributed by atoms with E-state index in [0.29, 0.717) is 31.5 Å². The van der Waals surface area contributed by atoms with Crippen molar-refractivity contribution >= 4 is 5.91 Å². The average molecular weight is 318 g/mol. The standard InChI is InChI=1S/C18H26N2O3/c1-19-8-7-17-15(12-19)13-23-10-9-20(17)18(21)11-14-3-5-16(22-2)6-4-14/h3-6,15,17H,7-13H2,1-2H3/t15-,17-/m1/s1. The number of carbonyl (C=O) groups is 1. The van der Waals surface area contributed by atoms with Gasteiger partial charge in [0, 0.05) is 25.0 Å². The number of piperidine rings is 1. The normalized spacial score (nSPS) is 25.6. The molecule has 2 atom stereocenters. The second-order valence-corrected chi connectivity index (χ2v) is 6.57. The molecule has 0 unspecified atom stereocenters. The molecule has 23 heavy (non-hydrogen) atoms. The van der Waals surface area contributed by atoms with Gasteiger partial charge in [0.1, 0.15) is 5.75 Å². The molecule has 0 spiro atoms. The predicted molar refractivity (Wildman–Crippen MR) is 88.6 cm³/mol. The smallest absolute Gasteiger partial charge is 0.227 e. The van der Waals surface area contributed by atoms with Crippen molar-refractivity contribution in [3.8, 4) is 5.75 Å². The highest BCUT2D eigenvalue weighted by Crippen LogP contribution is 2.25. The first kappa shape index (κ1) is 16.3. The van der Waals surface area contributed by atoms with E-state index in [4.69, 9.17) is 9.47 Å². The fourth-order valence-electron chi connectivity index (χ4n) is 3.67. The molecule has 2 aliphatic heterocycles. The molecule has 2 aliphatic rings. The molecular formula is C18H26N2O3. The van der Waals surface area contributed by atoms with Gasteiger partial charge in [-0.1, -0.05) is 12.1 Å². The van der Waals surface area contributed by atoms with Crippen LogP contribution in [0.5, 0.6) is 5.75 Å². The average Bonchev–Trinajstić information content (AvgIpc) is 2.77. The van der Waals surface area contributed by atoms with Crippen molar-refractivity contribution in [2.45, 2.75) is 18.9 Å². The molecule has 1 amide bonds. The molecule has 0 saturated carbocycles. The summed E-state index contributed by atoms with van der Waals surface area (Å²) in [6, 6.07) is 8.08. The maximum Gasteiger partial charge on any atom is 0.227 e. The van der Waals surface area contributed by atoms with E-state index in [1.54, 1.807) is 7.11 Å². The number of ether oxygens (including phenoxy) is 2. The Balaban J connectivity index is 1.68. The lowest BCUT2D eigenvalue weighted by Crippen LogP contribution is -2.52. The third-order valence-electron chi connectivity index (χ3n) is 4.94. The highest BCUT2D eigenvalue weighted by molar-refractivity contribution is 5.79. The second kappa shape index (κ2) is 7.32. The van der Waals surface area contributed by atoms with Crippen molar-refractivity contribution in [2.24, 2.45) is 5.92 Å². The van der Waals surface area contributed by atoms with Crippen LogP contribution in [0.3, 0.4) is 0 Å². The quantitative estimate of drug-likeness (QED) is 0.845. The summed E-state index contributed by atoms with van der Waals surface area (Å²) in [6.07, 6.45) is 1.49. The fourth-order valence-corrected chi connectivity index (χ4v) is 3.67. The van der Waals surface area contributed by atoms with Crippen molar-refractivity contribution in [1.29, 1.82) is 0 Å². The monoisotopic (exact) mass is 318 g/mol. The predicted octanol–water partition coefficient (Wildman–Crippen LogP) is 1.42. The molecule has 0 bridgehead atoms. The summed E-state index contributed by atoms with van der Waals surface area (Å²) in [6.45, 7) is 4.18. The number of benzene rings is 1. The highest BCUT2D eigenvalue weighted by Gasteiger charge is 2.36. The Morgan fingerprint density at radius 2 is 2.09 bits per heavy atom. The molecule has 1 aromatic rings. The molecule has 0 N–H and O–H groups in total. The maximum absolute atomic E-state index is 12.8. The van der Waals surface area contributed by atoms with E-state index < -0.39 is 0 Å². The second-order valence-electron chi connectivity index (χ2n) is 6.57. The zero-order chi connectivity index (χ0) is 16.2. The van der Waals surface area contributed by atoms with Crippen LogP contribution in [0.4, 0.5) is 0 Å². The first-order valence-corrected chi connectivity index (χ1v) is 8.36. The zero-order valence-electron chi connectivity index (χ0n) is 14.0. The van der Waals surface area contributed by atoms with Crippen LogP contribution in [-0.2, 0) is 16.0 Å². The Morgan fingerprint density at radius 1 is 1.30 bits per heavy atom. The van der Waals surface area contributed by atoms with Crippen LogP contribution in [0.1, 0.15) is 12.0 Å². The van der Waals surface area contributed by atoms with Gasteiger partial charge in [-0.15, -0.1) is 0 Å². The lowest BCUT2D eigenvalue weighted by molar-refractivity contribution is -0.134. The van der Waals surface area contributed by atoms with Gasteiger partial charge in [0.25, 0.3) is 0 Å². The van der Waals surface area contributed by atoms with Crippen LogP contribution in [0.25, 0.3) is 0 Å². The largest absolute Gasteiger partial charge is 0.497 e. The van der Waals surface area contributed by atoms with Crippen molar-refractivity contribution in [1.82, 2.24) is 9.80 Å². The molecule has 5 nitrogen and oxygen atoms in total. The van der Waals surface area contributed by atoms with Crippen molar-refractivity contribution in [3.05, 3.63) is 29.8 Å². The molecule has 5 heteroatoms. The molecule has 126 valence electrons. The van der Waals surface area contributed by atoms with Crippen LogP contribution in [0.15, 0.2) is 24.3 Å². The molecular weight excluding hydrogens is 292 g/mol. The SMILES string of the molecule is COc1ccc(CC(=O)N2CCOC[C@H]3CN(C)CC[C@H]32)cc1. The van der Waals surface area contributed by atoms with Crippen molar-refractivity contribution < 1.29 is 14.3 Å². The minimum Gasteiger partial charge on any atom is -0.497 e. The molecule has 0 aliphatic carbocycles. The van der Waals surface area contributed by atoms with Crippen molar-refractivity contribution in [2.75, 3.05) is 47.0 Å². The van der Waals surface area contributed by atoms with E-state index >= 15 is 0 Å².